The van der Waals surface area contributed by atoms with Crippen molar-refractivity contribution >= 4 is 39.6 Å². The smallest absolute Gasteiger partial charge is 0.256 e. The zero-order chi connectivity index (χ0) is 17.4. The van der Waals surface area contributed by atoms with Crippen LogP contribution in [0.4, 0.5) is 10.2 Å². The summed E-state index contributed by atoms with van der Waals surface area (Å²) < 4.78 is 15.0. The van der Waals surface area contributed by atoms with Gasteiger partial charge in [0.1, 0.15) is 17.3 Å². The van der Waals surface area contributed by atoms with Crippen molar-refractivity contribution < 1.29 is 9.18 Å². The van der Waals surface area contributed by atoms with Crippen molar-refractivity contribution in [3.05, 3.63) is 76.5 Å². The van der Waals surface area contributed by atoms with Crippen LogP contribution in [0.3, 0.4) is 0 Å². The minimum absolute atomic E-state index is 0.270. The molecule has 1 amide bonds. The van der Waals surface area contributed by atoms with Gasteiger partial charge in [-0.05, 0) is 48.5 Å². The van der Waals surface area contributed by atoms with E-state index in [0.29, 0.717) is 22.1 Å². The molecule has 0 aliphatic heterocycles. The molecule has 4 aromatic rings. The van der Waals surface area contributed by atoms with Crippen molar-refractivity contribution in [2.75, 3.05) is 5.32 Å². The monoisotopic (exact) mass is 371 g/mol. The Morgan fingerprint density at radius 2 is 1.84 bits per heavy atom. The minimum atomic E-state index is -0.323. The number of carbonyl (C=O) groups is 1. The molecule has 0 unspecified atom stereocenters. The number of thiazole rings is 1. The molecule has 25 heavy (non-hydrogen) atoms. The number of nitrogens with one attached hydrogen (secondary N) is 1. The normalized spacial score (nSPS) is 11.0. The molecule has 0 fully saturated rings. The Balaban J connectivity index is 1.76. The SMILES string of the molecule is O=C(Nc1c(-c2ccc(F)cc2)nc2sccn12)c1ccc(Cl)cc1. The molecule has 4 nitrogen and oxygen atoms in total. The highest BCUT2D eigenvalue weighted by molar-refractivity contribution is 7.15. The number of benzene rings is 2. The molecular weight excluding hydrogens is 361 g/mol. The molecule has 7 heteroatoms. The van der Waals surface area contributed by atoms with Gasteiger partial charge in [-0.2, -0.15) is 0 Å². The van der Waals surface area contributed by atoms with Gasteiger partial charge in [0.05, 0.1) is 0 Å². The topological polar surface area (TPSA) is 46.4 Å². The number of halogens is 2. The number of aromatic nitrogens is 2. The zero-order valence-electron chi connectivity index (χ0n) is 12.7. The maximum atomic E-state index is 13.2. The number of amides is 1. The van der Waals surface area contributed by atoms with Crippen LogP contribution in [-0.2, 0) is 0 Å². The summed E-state index contributed by atoms with van der Waals surface area (Å²) in [5.41, 5.74) is 1.80. The zero-order valence-corrected chi connectivity index (χ0v) is 14.3. The average molecular weight is 372 g/mol. The molecule has 0 bridgehead atoms. The number of anilines is 1. The molecule has 4 rings (SSSR count). The van der Waals surface area contributed by atoms with Gasteiger partial charge in [-0.3, -0.25) is 9.20 Å². The maximum Gasteiger partial charge on any atom is 0.256 e. The lowest BCUT2D eigenvalue weighted by molar-refractivity contribution is 0.102. The third-order valence-corrected chi connectivity index (χ3v) is 4.73. The van der Waals surface area contributed by atoms with Crippen molar-refractivity contribution in [1.82, 2.24) is 9.38 Å². The molecule has 2 heterocycles. The Hall–Kier alpha value is -2.70. The van der Waals surface area contributed by atoms with Crippen molar-refractivity contribution in [3.63, 3.8) is 0 Å². The highest BCUT2D eigenvalue weighted by Crippen LogP contribution is 2.31. The van der Waals surface area contributed by atoms with E-state index >= 15 is 0 Å². The van der Waals surface area contributed by atoms with E-state index in [9.17, 15) is 9.18 Å². The molecule has 0 saturated carbocycles. The highest BCUT2D eigenvalue weighted by Gasteiger charge is 2.18. The average Bonchev–Trinajstić information content (AvgIpc) is 3.19. The van der Waals surface area contributed by atoms with Gasteiger partial charge in [0.15, 0.2) is 4.96 Å². The van der Waals surface area contributed by atoms with Crippen LogP contribution >= 0.6 is 22.9 Å². The standard InChI is InChI=1S/C18H11ClFN3OS/c19-13-5-1-12(2-6-13)17(24)22-16-15(11-3-7-14(20)8-4-11)21-18-23(16)9-10-25-18/h1-10H,(H,22,24). The van der Waals surface area contributed by atoms with Crippen LogP contribution in [0, 0.1) is 5.82 Å². The number of rotatable bonds is 3. The summed E-state index contributed by atoms with van der Waals surface area (Å²) in [6, 6.07) is 12.6. The minimum Gasteiger partial charge on any atom is -0.306 e. The quantitative estimate of drug-likeness (QED) is 0.544. The molecule has 2 aromatic heterocycles. The molecular formula is C18H11ClFN3OS. The summed E-state index contributed by atoms with van der Waals surface area (Å²) in [7, 11) is 0. The van der Waals surface area contributed by atoms with E-state index in [1.165, 1.54) is 23.5 Å². The van der Waals surface area contributed by atoms with E-state index in [4.69, 9.17) is 11.6 Å². The number of nitrogens with zero attached hydrogens (tertiary/aromatic N) is 2. The fraction of sp³-hybridized carbons (Fsp3) is 0. The van der Waals surface area contributed by atoms with Gasteiger partial charge in [0.25, 0.3) is 5.91 Å². The van der Waals surface area contributed by atoms with E-state index in [1.54, 1.807) is 40.8 Å². The number of carbonyl (C=O) groups excluding carboxylic acids is 1. The van der Waals surface area contributed by atoms with E-state index in [1.807, 2.05) is 11.6 Å². The number of hydrogen-bond donors (Lipinski definition) is 1. The van der Waals surface area contributed by atoms with E-state index < -0.39 is 0 Å². The Kier molecular flexibility index (Phi) is 3.99. The molecule has 0 aliphatic carbocycles. The van der Waals surface area contributed by atoms with Crippen LogP contribution in [0.2, 0.25) is 5.02 Å². The molecule has 0 radical (unpaired) electrons. The number of hydrogen-bond acceptors (Lipinski definition) is 3. The third kappa shape index (κ3) is 3.01. The second-order valence-electron chi connectivity index (χ2n) is 5.33. The van der Waals surface area contributed by atoms with Crippen LogP contribution in [-0.4, -0.2) is 15.3 Å². The van der Waals surface area contributed by atoms with E-state index in [-0.39, 0.29) is 11.7 Å². The second-order valence-corrected chi connectivity index (χ2v) is 6.64. The highest BCUT2D eigenvalue weighted by atomic mass is 35.5. The van der Waals surface area contributed by atoms with Crippen LogP contribution in [0.1, 0.15) is 10.4 Å². The lowest BCUT2D eigenvalue weighted by Gasteiger charge is -2.07. The first kappa shape index (κ1) is 15.8. The van der Waals surface area contributed by atoms with Crippen molar-refractivity contribution in [3.8, 4) is 11.3 Å². The first-order chi connectivity index (χ1) is 12.1. The summed E-state index contributed by atoms with van der Waals surface area (Å²) in [6.45, 7) is 0. The van der Waals surface area contributed by atoms with Gasteiger partial charge >= 0.3 is 0 Å². The Morgan fingerprint density at radius 3 is 2.56 bits per heavy atom. The fourth-order valence-electron chi connectivity index (χ4n) is 2.50. The molecule has 0 atom stereocenters. The summed E-state index contributed by atoms with van der Waals surface area (Å²) in [5, 5.41) is 5.35. The molecule has 0 spiro atoms. The molecule has 1 N–H and O–H groups in total. The van der Waals surface area contributed by atoms with Crippen LogP contribution in [0.15, 0.2) is 60.1 Å². The summed E-state index contributed by atoms with van der Waals surface area (Å²) in [4.78, 5) is 17.9. The van der Waals surface area contributed by atoms with Gasteiger partial charge in [0, 0.05) is 27.7 Å². The lowest BCUT2D eigenvalue weighted by atomic mass is 10.1. The predicted molar refractivity (Wildman–Crippen MR) is 97.9 cm³/mol. The first-order valence-electron chi connectivity index (χ1n) is 7.40. The third-order valence-electron chi connectivity index (χ3n) is 3.72. The lowest BCUT2D eigenvalue weighted by Crippen LogP contribution is -2.13. The van der Waals surface area contributed by atoms with Gasteiger partial charge in [0.2, 0.25) is 0 Å². The summed E-state index contributed by atoms with van der Waals surface area (Å²) >= 11 is 7.32. The number of imidazole rings is 1. The Bertz CT molecular complexity index is 1050. The summed E-state index contributed by atoms with van der Waals surface area (Å²) in [6.07, 6.45) is 1.83. The van der Waals surface area contributed by atoms with Gasteiger partial charge in [-0.25, -0.2) is 9.37 Å². The predicted octanol–water partition coefficient (Wildman–Crippen LogP) is 5.11. The largest absolute Gasteiger partial charge is 0.306 e. The van der Waals surface area contributed by atoms with Crippen LogP contribution < -0.4 is 5.32 Å². The van der Waals surface area contributed by atoms with E-state index in [2.05, 4.69) is 10.3 Å². The fourth-order valence-corrected chi connectivity index (χ4v) is 3.34. The van der Waals surface area contributed by atoms with Crippen molar-refractivity contribution in [1.29, 1.82) is 0 Å². The van der Waals surface area contributed by atoms with Crippen molar-refractivity contribution in [2.45, 2.75) is 0 Å². The number of fused-ring (bicyclic) bond motifs is 1. The molecule has 124 valence electrons. The first-order valence-corrected chi connectivity index (χ1v) is 8.66. The summed E-state index contributed by atoms with van der Waals surface area (Å²) in [5.74, 6) is -0.0487. The van der Waals surface area contributed by atoms with Crippen LogP contribution in [0.25, 0.3) is 16.2 Å². The van der Waals surface area contributed by atoms with Crippen LogP contribution in [0.5, 0.6) is 0 Å². The molecule has 0 saturated heterocycles. The maximum absolute atomic E-state index is 13.2. The van der Waals surface area contributed by atoms with Gasteiger partial charge in [-0.1, -0.05) is 11.6 Å². The molecule has 2 aromatic carbocycles. The molecule has 0 aliphatic rings. The van der Waals surface area contributed by atoms with E-state index in [0.717, 1.165) is 10.5 Å². The second kappa shape index (κ2) is 6.31. The van der Waals surface area contributed by atoms with Gasteiger partial charge < -0.3 is 5.32 Å². The van der Waals surface area contributed by atoms with Gasteiger partial charge in [-0.15, -0.1) is 11.3 Å². The Labute approximate surface area is 151 Å². The van der Waals surface area contributed by atoms with Crippen molar-refractivity contribution in [2.24, 2.45) is 0 Å². The Morgan fingerprint density at radius 1 is 1.12 bits per heavy atom.